The molecule has 0 aromatic heterocycles. The first-order valence-electron chi connectivity index (χ1n) is 7.24. The van der Waals surface area contributed by atoms with E-state index in [1.165, 1.54) is 6.07 Å². The van der Waals surface area contributed by atoms with Crippen molar-refractivity contribution in [2.24, 2.45) is 5.73 Å². The van der Waals surface area contributed by atoms with Gasteiger partial charge in [-0.05, 0) is 46.2 Å². The van der Waals surface area contributed by atoms with Crippen molar-refractivity contribution in [3.63, 3.8) is 0 Å². The molecule has 0 bridgehead atoms. The van der Waals surface area contributed by atoms with Crippen LogP contribution in [0.3, 0.4) is 0 Å². The molecule has 1 saturated heterocycles. The minimum Gasteiger partial charge on any atom is -0.369 e. The number of hydrogen-bond acceptors (Lipinski definition) is 3. The first kappa shape index (κ1) is 15.3. The van der Waals surface area contributed by atoms with Gasteiger partial charge >= 0.3 is 0 Å². The summed E-state index contributed by atoms with van der Waals surface area (Å²) < 4.78 is 20.1. The zero-order valence-corrected chi connectivity index (χ0v) is 12.8. The monoisotopic (exact) mass is 280 g/mol. The molecule has 0 amide bonds. The molecule has 0 radical (unpaired) electrons. The Hall–Kier alpha value is -1.13. The smallest absolute Gasteiger partial charge is 0.128 e. The van der Waals surface area contributed by atoms with Crippen molar-refractivity contribution < 1.29 is 9.13 Å². The van der Waals surface area contributed by atoms with E-state index in [4.69, 9.17) is 10.5 Å². The molecule has 112 valence electrons. The van der Waals surface area contributed by atoms with Crippen LogP contribution < -0.4 is 10.6 Å². The molecule has 1 aliphatic heterocycles. The van der Waals surface area contributed by atoms with Gasteiger partial charge in [0, 0.05) is 30.4 Å². The molecule has 2 atom stereocenters. The zero-order chi connectivity index (χ0) is 14.9. The van der Waals surface area contributed by atoms with Crippen molar-refractivity contribution in [2.75, 3.05) is 18.0 Å². The van der Waals surface area contributed by atoms with Crippen LogP contribution in [0.1, 0.15) is 33.3 Å². The Kier molecular flexibility index (Phi) is 4.35. The molecule has 1 aliphatic rings. The molecule has 2 N–H and O–H groups in total. The highest BCUT2D eigenvalue weighted by Gasteiger charge is 2.32. The molecule has 1 heterocycles. The lowest BCUT2D eigenvalue weighted by Gasteiger charge is -2.43. The summed E-state index contributed by atoms with van der Waals surface area (Å²) in [6.07, 6.45) is 0.680. The van der Waals surface area contributed by atoms with E-state index >= 15 is 0 Å². The number of halogens is 1. The van der Waals surface area contributed by atoms with Gasteiger partial charge < -0.3 is 15.4 Å². The second kappa shape index (κ2) is 5.70. The molecule has 0 spiro atoms. The Bertz CT molecular complexity index is 474. The minimum atomic E-state index is -0.227. The number of anilines is 1. The summed E-state index contributed by atoms with van der Waals surface area (Å²) in [5, 5.41) is 0. The zero-order valence-electron chi connectivity index (χ0n) is 12.8. The first-order valence-corrected chi connectivity index (χ1v) is 7.24. The Balaban J connectivity index is 2.34. The number of nitrogens with two attached hydrogens (primary N) is 1. The van der Waals surface area contributed by atoms with Gasteiger partial charge in [0.1, 0.15) is 5.82 Å². The van der Waals surface area contributed by atoms with Crippen LogP contribution in [0.4, 0.5) is 10.1 Å². The van der Waals surface area contributed by atoms with E-state index in [2.05, 4.69) is 25.7 Å². The Morgan fingerprint density at radius 3 is 2.80 bits per heavy atom. The van der Waals surface area contributed by atoms with E-state index in [-0.39, 0.29) is 23.6 Å². The topological polar surface area (TPSA) is 38.5 Å². The van der Waals surface area contributed by atoms with E-state index < -0.39 is 0 Å². The number of morpholine rings is 1. The quantitative estimate of drug-likeness (QED) is 0.925. The van der Waals surface area contributed by atoms with Gasteiger partial charge in [-0.3, -0.25) is 0 Å². The van der Waals surface area contributed by atoms with Gasteiger partial charge in [0.25, 0.3) is 0 Å². The summed E-state index contributed by atoms with van der Waals surface area (Å²) in [5.41, 5.74) is 7.30. The van der Waals surface area contributed by atoms with Gasteiger partial charge in [0.15, 0.2) is 0 Å². The highest BCUT2D eigenvalue weighted by Crippen LogP contribution is 2.30. The molecule has 0 saturated carbocycles. The Morgan fingerprint density at radius 1 is 1.50 bits per heavy atom. The maximum atomic E-state index is 14.1. The lowest BCUT2D eigenvalue weighted by atomic mass is 10.00. The minimum absolute atomic E-state index is 0.0582. The van der Waals surface area contributed by atoms with Crippen molar-refractivity contribution in [1.29, 1.82) is 0 Å². The van der Waals surface area contributed by atoms with Gasteiger partial charge in [-0.2, -0.15) is 0 Å². The number of benzene rings is 1. The van der Waals surface area contributed by atoms with Gasteiger partial charge in [0.2, 0.25) is 0 Å². The summed E-state index contributed by atoms with van der Waals surface area (Å²) >= 11 is 0. The molecular formula is C16H25FN2O. The Labute approximate surface area is 120 Å². The number of nitrogens with zero attached hydrogens (tertiary/aromatic N) is 1. The van der Waals surface area contributed by atoms with Crippen LogP contribution in [0.5, 0.6) is 0 Å². The summed E-state index contributed by atoms with van der Waals surface area (Å²) in [5.74, 6) is -0.170. The van der Waals surface area contributed by atoms with Gasteiger partial charge in [0.05, 0.1) is 11.7 Å². The lowest BCUT2D eigenvalue weighted by molar-refractivity contribution is -0.0750. The normalized spacial score (nSPS) is 23.7. The highest BCUT2D eigenvalue weighted by atomic mass is 19.1. The van der Waals surface area contributed by atoms with Crippen molar-refractivity contribution >= 4 is 5.69 Å². The maximum absolute atomic E-state index is 14.1. The van der Waals surface area contributed by atoms with E-state index in [1.54, 1.807) is 6.07 Å². The fraction of sp³-hybridized carbons (Fsp3) is 0.625. The summed E-state index contributed by atoms with van der Waals surface area (Å²) in [6.45, 7) is 9.63. The predicted molar refractivity (Wildman–Crippen MR) is 80.6 cm³/mol. The van der Waals surface area contributed by atoms with E-state index in [1.807, 2.05) is 13.0 Å². The molecule has 0 aliphatic carbocycles. The van der Waals surface area contributed by atoms with Crippen LogP contribution in [0.15, 0.2) is 18.2 Å². The molecular weight excluding hydrogens is 255 g/mol. The van der Waals surface area contributed by atoms with E-state index in [9.17, 15) is 4.39 Å². The molecule has 1 aromatic carbocycles. The second-order valence-corrected chi connectivity index (χ2v) is 6.49. The number of rotatable bonds is 3. The van der Waals surface area contributed by atoms with Crippen LogP contribution in [0.2, 0.25) is 0 Å². The van der Waals surface area contributed by atoms with Crippen LogP contribution in [0.25, 0.3) is 0 Å². The summed E-state index contributed by atoms with van der Waals surface area (Å²) in [4.78, 5) is 2.22. The summed E-state index contributed by atoms with van der Waals surface area (Å²) in [7, 11) is 0. The summed E-state index contributed by atoms with van der Waals surface area (Å²) in [6, 6.07) is 5.20. The fourth-order valence-corrected chi connectivity index (χ4v) is 3.00. The Morgan fingerprint density at radius 2 is 2.20 bits per heavy atom. The van der Waals surface area contributed by atoms with Crippen LogP contribution in [-0.4, -0.2) is 30.8 Å². The second-order valence-electron chi connectivity index (χ2n) is 6.49. The van der Waals surface area contributed by atoms with Crippen molar-refractivity contribution in [3.8, 4) is 0 Å². The average Bonchev–Trinajstić information content (AvgIpc) is 2.28. The molecule has 3 nitrogen and oxygen atoms in total. The van der Waals surface area contributed by atoms with Crippen molar-refractivity contribution in [2.45, 2.75) is 51.9 Å². The van der Waals surface area contributed by atoms with Gasteiger partial charge in [-0.25, -0.2) is 4.39 Å². The third kappa shape index (κ3) is 3.49. The SMILES string of the molecule is CC(N)Cc1c(F)cccc1N1CC(C)OC(C)(C)C1. The fourth-order valence-electron chi connectivity index (χ4n) is 3.00. The third-order valence-corrected chi connectivity index (χ3v) is 3.53. The van der Waals surface area contributed by atoms with E-state index in [0.717, 1.165) is 18.8 Å². The average molecular weight is 280 g/mol. The number of hydrogen-bond donors (Lipinski definition) is 1. The molecule has 4 heteroatoms. The third-order valence-electron chi connectivity index (χ3n) is 3.53. The van der Waals surface area contributed by atoms with Gasteiger partial charge in [-0.1, -0.05) is 6.07 Å². The molecule has 2 rings (SSSR count). The first-order chi connectivity index (χ1) is 9.28. The predicted octanol–water partition coefficient (Wildman–Crippen LogP) is 2.72. The lowest BCUT2D eigenvalue weighted by Crippen LogP contribution is -2.52. The maximum Gasteiger partial charge on any atom is 0.128 e. The standard InChI is InChI=1S/C16H25FN2O/c1-11(18)8-13-14(17)6-5-7-15(13)19-9-12(2)20-16(3,4)10-19/h5-7,11-12H,8-10,18H2,1-4H3. The molecule has 20 heavy (non-hydrogen) atoms. The molecule has 1 aromatic rings. The highest BCUT2D eigenvalue weighted by molar-refractivity contribution is 5.55. The molecule has 2 unspecified atom stereocenters. The van der Waals surface area contributed by atoms with Crippen molar-refractivity contribution in [1.82, 2.24) is 0 Å². The van der Waals surface area contributed by atoms with Crippen molar-refractivity contribution in [3.05, 3.63) is 29.6 Å². The van der Waals surface area contributed by atoms with Crippen LogP contribution in [0, 0.1) is 5.82 Å². The van der Waals surface area contributed by atoms with Crippen LogP contribution in [-0.2, 0) is 11.2 Å². The number of ether oxygens (including phenoxy) is 1. The van der Waals surface area contributed by atoms with E-state index in [0.29, 0.717) is 12.0 Å². The van der Waals surface area contributed by atoms with Crippen LogP contribution >= 0.6 is 0 Å². The largest absolute Gasteiger partial charge is 0.369 e. The molecule has 1 fully saturated rings. The van der Waals surface area contributed by atoms with Gasteiger partial charge in [-0.15, -0.1) is 0 Å².